The Morgan fingerprint density at radius 3 is 2.76 bits per heavy atom. The Balaban J connectivity index is 2.47. The third-order valence-electron chi connectivity index (χ3n) is 3.10. The average molecular weight is 484 g/mol. The van der Waals surface area contributed by atoms with Crippen LogP contribution in [0.4, 0.5) is 4.39 Å². The molecule has 0 aliphatic heterocycles. The van der Waals surface area contributed by atoms with Gasteiger partial charge in [-0.05, 0) is 74.6 Å². The Hall–Kier alpha value is -0.180. The third-order valence-corrected chi connectivity index (χ3v) is 5.52. The maximum Gasteiger partial charge on any atom is 0.141 e. The van der Waals surface area contributed by atoms with Gasteiger partial charge < -0.3 is 10.1 Å². The van der Waals surface area contributed by atoms with E-state index in [0.717, 1.165) is 18.5 Å². The molecule has 0 saturated heterocycles. The fourth-order valence-corrected chi connectivity index (χ4v) is 3.88. The minimum absolute atomic E-state index is 0.00318. The first-order chi connectivity index (χ1) is 10.1. The summed E-state index contributed by atoms with van der Waals surface area (Å²) in [7, 11) is 1.57. The van der Waals surface area contributed by atoms with Crippen LogP contribution in [-0.4, -0.2) is 13.7 Å². The maximum absolute atomic E-state index is 13.7. The molecule has 0 amide bonds. The molecule has 0 saturated carbocycles. The number of hydrogen-bond donors (Lipinski definition) is 1. The predicted molar refractivity (Wildman–Crippen MR) is 97.8 cm³/mol. The number of rotatable bonds is 6. The number of benzene rings is 1. The first kappa shape index (κ1) is 17.2. The monoisotopic (exact) mass is 483 g/mol. The molecule has 0 spiro atoms. The Morgan fingerprint density at radius 1 is 1.43 bits per heavy atom. The van der Waals surface area contributed by atoms with Crippen molar-refractivity contribution in [2.75, 3.05) is 13.7 Å². The number of methoxy groups -OCH3 is 1. The second kappa shape index (κ2) is 7.89. The van der Waals surface area contributed by atoms with Gasteiger partial charge in [0.1, 0.15) is 11.6 Å². The lowest BCUT2D eigenvalue weighted by Gasteiger charge is -2.21. The van der Waals surface area contributed by atoms with E-state index in [4.69, 9.17) is 4.74 Å². The Labute approximate surface area is 150 Å². The van der Waals surface area contributed by atoms with Crippen molar-refractivity contribution in [3.63, 3.8) is 0 Å². The lowest BCUT2D eigenvalue weighted by molar-refractivity contribution is 0.400. The number of hydrogen-bond acceptors (Lipinski definition) is 3. The van der Waals surface area contributed by atoms with Crippen LogP contribution >= 0.6 is 49.9 Å². The van der Waals surface area contributed by atoms with E-state index in [2.05, 4.69) is 62.2 Å². The third kappa shape index (κ3) is 4.18. The zero-order valence-electron chi connectivity index (χ0n) is 11.8. The lowest BCUT2D eigenvalue weighted by Crippen LogP contribution is -2.23. The van der Waals surface area contributed by atoms with Crippen molar-refractivity contribution in [3.8, 4) is 5.75 Å². The molecule has 6 heteroatoms. The molecular weight excluding hydrogens is 468 g/mol. The summed E-state index contributed by atoms with van der Waals surface area (Å²) in [6.07, 6.45) is 1.03. The summed E-state index contributed by atoms with van der Waals surface area (Å²) >= 11 is 7.28. The van der Waals surface area contributed by atoms with E-state index in [-0.39, 0.29) is 11.9 Å². The van der Waals surface area contributed by atoms with Gasteiger partial charge in [0.15, 0.2) is 0 Å². The van der Waals surface area contributed by atoms with Crippen LogP contribution in [-0.2, 0) is 0 Å². The van der Waals surface area contributed by atoms with Gasteiger partial charge in [0.05, 0.1) is 20.5 Å². The summed E-state index contributed by atoms with van der Waals surface area (Å²) in [5, 5.41) is 5.65. The highest BCUT2D eigenvalue weighted by Crippen LogP contribution is 2.35. The summed E-state index contributed by atoms with van der Waals surface area (Å²) in [5.41, 5.74) is 2.11. The molecule has 2 nitrogen and oxygen atoms in total. The van der Waals surface area contributed by atoms with Crippen LogP contribution in [0.15, 0.2) is 28.1 Å². The van der Waals surface area contributed by atoms with Gasteiger partial charge in [-0.2, -0.15) is 0 Å². The molecule has 0 aliphatic carbocycles. The van der Waals surface area contributed by atoms with Crippen LogP contribution in [0.5, 0.6) is 5.75 Å². The highest BCUT2D eigenvalue weighted by molar-refractivity contribution is 14.1. The van der Waals surface area contributed by atoms with E-state index in [1.807, 2.05) is 0 Å². The zero-order valence-corrected chi connectivity index (χ0v) is 16.3. The molecule has 2 aromatic rings. The van der Waals surface area contributed by atoms with Crippen LogP contribution in [0.1, 0.15) is 30.5 Å². The van der Waals surface area contributed by atoms with E-state index < -0.39 is 0 Å². The number of halogens is 3. The standard InChI is InChI=1S/C15H16BrFINOS/c1-3-4-19-15(9-5-14(18)21-8-9)10-6-11(16)12(17)7-13(10)20-2/h5-8,15,19H,3-4H2,1-2H3. The van der Waals surface area contributed by atoms with Crippen LogP contribution in [0.2, 0.25) is 0 Å². The molecule has 1 atom stereocenters. The largest absolute Gasteiger partial charge is 0.496 e. The molecule has 0 radical (unpaired) electrons. The topological polar surface area (TPSA) is 21.3 Å². The fourth-order valence-electron chi connectivity index (χ4n) is 2.12. The van der Waals surface area contributed by atoms with Gasteiger partial charge in [0.25, 0.3) is 0 Å². The lowest BCUT2D eigenvalue weighted by atomic mass is 10.00. The van der Waals surface area contributed by atoms with Crippen LogP contribution in [0, 0.1) is 8.70 Å². The summed E-state index contributed by atoms with van der Waals surface area (Å²) < 4.78 is 20.8. The van der Waals surface area contributed by atoms with Crippen molar-refractivity contribution in [1.29, 1.82) is 0 Å². The molecule has 1 aromatic carbocycles. The molecule has 21 heavy (non-hydrogen) atoms. The van der Waals surface area contributed by atoms with Gasteiger partial charge in [0.2, 0.25) is 0 Å². The first-order valence-electron chi connectivity index (χ1n) is 6.57. The van der Waals surface area contributed by atoms with Gasteiger partial charge in [0, 0.05) is 11.6 Å². The minimum Gasteiger partial charge on any atom is -0.496 e. The van der Waals surface area contributed by atoms with Gasteiger partial charge >= 0.3 is 0 Å². The van der Waals surface area contributed by atoms with Gasteiger partial charge in [-0.15, -0.1) is 11.3 Å². The summed E-state index contributed by atoms with van der Waals surface area (Å²) in [4.78, 5) is 0. The second-order valence-corrected chi connectivity index (χ2v) is 8.24. The SMILES string of the molecule is CCCNC(c1csc(I)c1)c1cc(Br)c(F)cc1OC. The molecule has 114 valence electrons. The zero-order chi connectivity index (χ0) is 15.4. The summed E-state index contributed by atoms with van der Waals surface area (Å²) in [6.45, 7) is 3.01. The quantitative estimate of drug-likeness (QED) is 0.559. The summed E-state index contributed by atoms with van der Waals surface area (Å²) in [5.74, 6) is 0.246. The number of thiophene rings is 1. The minimum atomic E-state index is -0.315. The Bertz CT molecular complexity index is 620. The van der Waals surface area contributed by atoms with Crippen molar-refractivity contribution in [1.82, 2.24) is 5.32 Å². The van der Waals surface area contributed by atoms with Crippen molar-refractivity contribution in [2.45, 2.75) is 19.4 Å². The van der Waals surface area contributed by atoms with E-state index in [0.29, 0.717) is 10.2 Å². The van der Waals surface area contributed by atoms with Crippen LogP contribution in [0.25, 0.3) is 0 Å². The van der Waals surface area contributed by atoms with E-state index in [1.165, 1.54) is 14.5 Å². The summed E-state index contributed by atoms with van der Waals surface area (Å²) in [6, 6.07) is 5.37. The van der Waals surface area contributed by atoms with Crippen LogP contribution < -0.4 is 10.1 Å². The Kier molecular flexibility index (Phi) is 6.46. The normalized spacial score (nSPS) is 12.4. The molecule has 1 N–H and O–H groups in total. The first-order valence-corrected chi connectivity index (χ1v) is 9.32. The predicted octanol–water partition coefficient (Wildman–Crippen LogP) is 5.35. The van der Waals surface area contributed by atoms with Gasteiger partial charge in [-0.3, -0.25) is 0 Å². The average Bonchev–Trinajstić information content (AvgIpc) is 2.89. The number of ether oxygens (including phenoxy) is 1. The van der Waals surface area contributed by atoms with E-state index in [9.17, 15) is 4.39 Å². The molecule has 0 fully saturated rings. The maximum atomic E-state index is 13.7. The van der Waals surface area contributed by atoms with Crippen molar-refractivity contribution < 1.29 is 9.13 Å². The number of nitrogens with one attached hydrogen (secondary N) is 1. The molecule has 2 rings (SSSR count). The van der Waals surface area contributed by atoms with Gasteiger partial charge in [-0.25, -0.2) is 4.39 Å². The molecular formula is C15H16BrFINOS. The van der Waals surface area contributed by atoms with Crippen LogP contribution in [0.3, 0.4) is 0 Å². The van der Waals surface area contributed by atoms with Crippen molar-refractivity contribution >= 4 is 49.9 Å². The molecule has 0 bridgehead atoms. The molecule has 1 aromatic heterocycles. The molecule has 1 unspecified atom stereocenters. The molecule has 1 heterocycles. The highest BCUT2D eigenvalue weighted by atomic mass is 127. The highest BCUT2D eigenvalue weighted by Gasteiger charge is 2.21. The smallest absolute Gasteiger partial charge is 0.141 e. The van der Waals surface area contributed by atoms with Crippen molar-refractivity contribution in [2.24, 2.45) is 0 Å². The van der Waals surface area contributed by atoms with Gasteiger partial charge in [-0.1, -0.05) is 6.92 Å². The fraction of sp³-hybridized carbons (Fsp3) is 0.333. The van der Waals surface area contributed by atoms with Crippen molar-refractivity contribution in [3.05, 3.63) is 47.9 Å². The molecule has 0 aliphatic rings. The van der Waals surface area contributed by atoms with E-state index in [1.54, 1.807) is 24.5 Å². The Morgan fingerprint density at radius 2 is 2.19 bits per heavy atom. The second-order valence-electron chi connectivity index (χ2n) is 4.58. The van der Waals surface area contributed by atoms with E-state index >= 15 is 0 Å².